The molecule has 4 heteroatoms. The van der Waals surface area contributed by atoms with E-state index >= 15 is 0 Å². The number of aliphatic hydroxyl groups is 1. The molecule has 0 fully saturated rings. The molecule has 0 amide bonds. The van der Waals surface area contributed by atoms with Gasteiger partial charge in [-0.3, -0.25) is 0 Å². The maximum atomic E-state index is 9.67. The molecule has 0 aliphatic heterocycles. The first-order chi connectivity index (χ1) is 2.27. The predicted molar refractivity (Wildman–Crippen MR) is 28.3 cm³/mol. The molecule has 1 N–H and O–H groups in total. The van der Waals surface area contributed by atoms with Crippen molar-refractivity contribution in [1.82, 2.24) is 0 Å². The summed E-state index contributed by atoms with van der Waals surface area (Å²) in [5.74, 6) is -0.222. The summed E-state index contributed by atoms with van der Waals surface area (Å²) < 4.78 is 9.67. The summed E-state index contributed by atoms with van der Waals surface area (Å²) in [5, 5.41) is 7.84. The van der Waals surface area contributed by atoms with Gasteiger partial charge in [0, 0.05) is 0 Å². The molecule has 0 saturated heterocycles. The molecule has 0 spiro atoms. The third-order valence-electron chi connectivity index (χ3n) is 0.182. The van der Waals surface area contributed by atoms with Gasteiger partial charge < -0.3 is 9.66 Å². The Kier molecular flexibility index (Phi) is 10.8. The fourth-order valence-corrected chi connectivity index (χ4v) is 0. The van der Waals surface area contributed by atoms with Gasteiger partial charge >= 0.3 is 29.6 Å². The van der Waals surface area contributed by atoms with E-state index in [1.807, 2.05) is 0 Å². The summed E-state index contributed by atoms with van der Waals surface area (Å²) in [6.07, 6.45) is 1.44. The number of rotatable bonds is 1. The molecule has 0 heterocycles. The van der Waals surface area contributed by atoms with Crippen LogP contribution in [0.25, 0.3) is 0 Å². The molecule has 0 aromatic carbocycles. The summed E-state index contributed by atoms with van der Waals surface area (Å²) in [7, 11) is 0. The van der Waals surface area contributed by atoms with E-state index in [1.54, 1.807) is 0 Å². The first-order valence-electron chi connectivity index (χ1n) is 1.18. The van der Waals surface area contributed by atoms with E-state index in [1.165, 1.54) is 6.26 Å². The third kappa shape index (κ3) is 8.99. The van der Waals surface area contributed by atoms with E-state index < -0.39 is 11.2 Å². The van der Waals surface area contributed by atoms with Gasteiger partial charge in [-0.2, -0.15) is 0 Å². The van der Waals surface area contributed by atoms with Crippen LogP contribution in [0.4, 0.5) is 0 Å². The zero-order chi connectivity index (χ0) is 4.28. The normalized spacial score (nSPS) is 12.5. The zero-order valence-electron chi connectivity index (χ0n) is 2.97. The molecule has 0 aliphatic rings. The second kappa shape index (κ2) is 6.27. The van der Waals surface area contributed by atoms with Crippen LogP contribution in [-0.4, -0.2) is 51.4 Å². The van der Waals surface area contributed by atoms with Crippen molar-refractivity contribution < 1.29 is 9.66 Å². The fourth-order valence-electron chi connectivity index (χ4n) is 0. The molecule has 34 valence electrons. The Morgan fingerprint density at radius 1 is 1.83 bits per heavy atom. The van der Waals surface area contributed by atoms with Gasteiger partial charge in [-0.15, -0.1) is 0 Å². The van der Waals surface area contributed by atoms with Gasteiger partial charge in [0.1, 0.15) is 0 Å². The van der Waals surface area contributed by atoms with E-state index in [4.69, 9.17) is 5.11 Å². The van der Waals surface area contributed by atoms with Crippen molar-refractivity contribution in [3.63, 3.8) is 0 Å². The van der Waals surface area contributed by atoms with Crippen LogP contribution < -0.4 is 0 Å². The van der Waals surface area contributed by atoms with E-state index in [-0.39, 0.29) is 35.5 Å². The second-order valence-electron chi connectivity index (χ2n) is 0.702. The van der Waals surface area contributed by atoms with Crippen LogP contribution >= 0.6 is 0 Å². The first-order valence-corrected chi connectivity index (χ1v) is 2.91. The van der Waals surface area contributed by atoms with Gasteiger partial charge in [0.25, 0.3) is 0 Å². The topological polar surface area (TPSA) is 43.3 Å². The van der Waals surface area contributed by atoms with Crippen LogP contribution in [0.5, 0.6) is 0 Å². The van der Waals surface area contributed by atoms with Crippen LogP contribution in [-0.2, 0) is 11.2 Å². The maximum absolute atomic E-state index is 9.67. The van der Waals surface area contributed by atoms with E-state index in [9.17, 15) is 4.55 Å². The van der Waals surface area contributed by atoms with Gasteiger partial charge in [0.2, 0.25) is 5.94 Å². The SMILES string of the molecule is C[S+]([O-])CO.[NaH]. The van der Waals surface area contributed by atoms with Crippen molar-refractivity contribution in [3.8, 4) is 0 Å². The van der Waals surface area contributed by atoms with Crippen LogP contribution in [0.2, 0.25) is 0 Å². The Morgan fingerprint density at radius 3 is 2.00 bits per heavy atom. The van der Waals surface area contributed by atoms with Crippen molar-refractivity contribution in [1.29, 1.82) is 0 Å². The molecule has 1 unspecified atom stereocenters. The van der Waals surface area contributed by atoms with Gasteiger partial charge in [-0.1, -0.05) is 0 Å². The Morgan fingerprint density at radius 2 is 2.00 bits per heavy atom. The van der Waals surface area contributed by atoms with Crippen molar-refractivity contribution >= 4 is 40.7 Å². The van der Waals surface area contributed by atoms with Crippen LogP contribution in [0.1, 0.15) is 0 Å². The zero-order valence-corrected chi connectivity index (χ0v) is 3.79. The van der Waals surface area contributed by atoms with Gasteiger partial charge in [-0.25, -0.2) is 0 Å². The van der Waals surface area contributed by atoms with Gasteiger partial charge in [0.05, 0.1) is 6.26 Å². The first kappa shape index (κ1) is 10.3. The Hall–Kier alpha value is 1.27. The molecular weight excluding hydrogens is 111 g/mol. The summed E-state index contributed by atoms with van der Waals surface area (Å²) in [6, 6.07) is 0. The predicted octanol–water partition coefficient (Wildman–Crippen LogP) is -1.33. The molecule has 0 aromatic rings. The molecule has 0 rings (SSSR count). The third-order valence-corrected chi connectivity index (χ3v) is 0.545. The van der Waals surface area contributed by atoms with Crippen molar-refractivity contribution in [2.75, 3.05) is 12.2 Å². The van der Waals surface area contributed by atoms with Gasteiger partial charge in [-0.05, 0) is 11.2 Å². The summed E-state index contributed by atoms with van der Waals surface area (Å²) in [6.45, 7) is 0. The number of hydrogen-bond acceptors (Lipinski definition) is 2. The Bertz CT molecular complexity index is 25.5. The standard InChI is InChI=1S/C2H6O2S.Na.H/c1-5(4)2-3;;/h3H,2H2,1H3;;. The van der Waals surface area contributed by atoms with Crippen LogP contribution in [0.3, 0.4) is 0 Å². The van der Waals surface area contributed by atoms with Crippen LogP contribution in [0.15, 0.2) is 0 Å². The molecular formula is C2H7NaO2S. The molecule has 1 atom stereocenters. The van der Waals surface area contributed by atoms with Crippen LogP contribution in [0, 0.1) is 0 Å². The monoisotopic (exact) mass is 118 g/mol. The van der Waals surface area contributed by atoms with Crippen molar-refractivity contribution in [3.05, 3.63) is 0 Å². The fraction of sp³-hybridized carbons (Fsp3) is 1.00. The molecule has 2 nitrogen and oxygen atoms in total. The van der Waals surface area contributed by atoms with E-state index in [2.05, 4.69) is 0 Å². The molecule has 0 radical (unpaired) electrons. The Balaban J connectivity index is 0. The molecule has 0 aromatic heterocycles. The minimum atomic E-state index is -1.02. The van der Waals surface area contributed by atoms with Crippen molar-refractivity contribution in [2.24, 2.45) is 0 Å². The average molecular weight is 118 g/mol. The number of aliphatic hydroxyl groups excluding tert-OH is 1. The van der Waals surface area contributed by atoms with Crippen molar-refractivity contribution in [2.45, 2.75) is 0 Å². The summed E-state index contributed by atoms with van der Waals surface area (Å²) in [4.78, 5) is 0. The van der Waals surface area contributed by atoms with E-state index in [0.29, 0.717) is 0 Å². The quantitative estimate of drug-likeness (QED) is 0.342. The molecule has 6 heavy (non-hydrogen) atoms. The van der Waals surface area contributed by atoms with E-state index in [0.717, 1.165) is 0 Å². The molecule has 0 saturated carbocycles. The van der Waals surface area contributed by atoms with Gasteiger partial charge in [0.15, 0.2) is 0 Å². The summed E-state index contributed by atoms with van der Waals surface area (Å²) in [5.41, 5.74) is 0. The molecule has 0 aliphatic carbocycles. The Labute approximate surface area is 62.4 Å². The second-order valence-corrected chi connectivity index (χ2v) is 2.11. The minimum absolute atomic E-state index is 0. The molecule has 0 bridgehead atoms. The number of hydrogen-bond donors (Lipinski definition) is 1. The summed E-state index contributed by atoms with van der Waals surface area (Å²) >= 11 is -1.02. The average Bonchev–Trinajstić information content (AvgIpc) is 1.38.